The van der Waals surface area contributed by atoms with Crippen LogP contribution < -0.4 is 0 Å². The minimum absolute atomic E-state index is 0. The van der Waals surface area contributed by atoms with Crippen molar-refractivity contribution in [1.82, 2.24) is 0 Å². The number of rotatable bonds is 2. The Balaban J connectivity index is -0.0000000590. The van der Waals surface area contributed by atoms with E-state index in [1.807, 2.05) is 0 Å². The zero-order chi connectivity index (χ0) is 12.1. The van der Waals surface area contributed by atoms with Crippen molar-refractivity contribution < 1.29 is 0 Å². The summed E-state index contributed by atoms with van der Waals surface area (Å²) in [6.45, 7) is 19.8. The summed E-state index contributed by atoms with van der Waals surface area (Å²) in [5, 5.41) is 0. The molecular formula is C15H38. The van der Waals surface area contributed by atoms with Crippen LogP contribution >= 0.6 is 0 Å². The molecule has 15 heavy (non-hydrogen) atoms. The molecule has 0 aromatic heterocycles. The van der Waals surface area contributed by atoms with Crippen molar-refractivity contribution in [3.05, 3.63) is 0 Å². The van der Waals surface area contributed by atoms with Gasteiger partial charge in [-0.3, -0.25) is 0 Å². The molecule has 0 aromatic carbocycles. The average molecular weight is 218 g/mol. The van der Waals surface area contributed by atoms with Crippen LogP contribution in [0.1, 0.15) is 82.6 Å². The van der Waals surface area contributed by atoms with Crippen LogP contribution in [0.25, 0.3) is 0 Å². The maximum absolute atomic E-state index is 2.22. The maximum atomic E-state index is 2.22. The second kappa shape index (κ2) is 19.6. The van der Waals surface area contributed by atoms with Gasteiger partial charge in [0.25, 0.3) is 0 Å². The van der Waals surface area contributed by atoms with Crippen molar-refractivity contribution in [2.24, 2.45) is 17.8 Å². The van der Waals surface area contributed by atoms with Gasteiger partial charge >= 0.3 is 0 Å². The Morgan fingerprint density at radius 3 is 0.667 bits per heavy atom. The van der Waals surface area contributed by atoms with E-state index in [1.54, 1.807) is 0 Å². The molecule has 98 valence electrons. The third-order valence-corrected chi connectivity index (χ3v) is 1.63. The molecule has 0 saturated carbocycles. The molecule has 0 atom stereocenters. The normalized spacial score (nSPS) is 8.80. The van der Waals surface area contributed by atoms with Gasteiger partial charge in [-0.25, -0.2) is 0 Å². The van der Waals surface area contributed by atoms with E-state index in [2.05, 4.69) is 62.3 Å². The highest BCUT2D eigenvalue weighted by atomic mass is 13.9. The summed E-state index contributed by atoms with van der Waals surface area (Å²) in [7, 11) is 0. The van der Waals surface area contributed by atoms with Gasteiger partial charge in [-0.15, -0.1) is 0 Å². The molecule has 0 amide bonds. The lowest BCUT2D eigenvalue weighted by molar-refractivity contribution is 0.626. The van der Waals surface area contributed by atoms with Gasteiger partial charge in [0.05, 0.1) is 0 Å². The summed E-state index contributed by atoms with van der Waals surface area (Å²) in [6, 6.07) is 0. The molecule has 0 aliphatic heterocycles. The Bertz CT molecular complexity index is 59.4. The van der Waals surface area contributed by atoms with E-state index in [0.717, 1.165) is 17.8 Å². The lowest BCUT2D eigenvalue weighted by Gasteiger charge is -1.90. The summed E-state index contributed by atoms with van der Waals surface area (Å²) >= 11 is 0. The predicted molar refractivity (Wildman–Crippen MR) is 77.5 cm³/mol. The smallest absolute Gasteiger partial charge is 0.0474 e. The standard InChI is InChI=1S/2C5H12.C4H10.CH4/c2*1-4-5(2)3;1-4(2)3;/h2*5H,4H2,1-3H3;4H,1-3H3;1H4. The highest BCUT2D eigenvalue weighted by molar-refractivity contribution is 4.33. The van der Waals surface area contributed by atoms with Crippen LogP contribution in [-0.4, -0.2) is 0 Å². The Morgan fingerprint density at radius 1 is 0.600 bits per heavy atom. The molecule has 0 N–H and O–H groups in total. The average Bonchev–Trinajstić information content (AvgIpc) is 2.04. The summed E-state index contributed by atoms with van der Waals surface area (Å²) in [5.41, 5.74) is 0. The third kappa shape index (κ3) is 126. The van der Waals surface area contributed by atoms with Crippen molar-refractivity contribution in [2.75, 3.05) is 0 Å². The molecule has 0 spiro atoms. The first-order valence-corrected chi connectivity index (χ1v) is 6.27. The first kappa shape index (κ1) is 24.3. The molecule has 0 unspecified atom stereocenters. The van der Waals surface area contributed by atoms with Gasteiger partial charge in [0.15, 0.2) is 0 Å². The molecular weight excluding hydrogens is 180 g/mol. The Morgan fingerprint density at radius 2 is 0.667 bits per heavy atom. The van der Waals surface area contributed by atoms with Gasteiger partial charge in [-0.2, -0.15) is 0 Å². The Kier molecular flexibility index (Phi) is 31.7. The van der Waals surface area contributed by atoms with Crippen LogP contribution in [0.3, 0.4) is 0 Å². The number of hydrogen-bond donors (Lipinski definition) is 0. The summed E-state index contributed by atoms with van der Waals surface area (Å²) in [4.78, 5) is 0. The second-order valence-electron chi connectivity index (χ2n) is 5.34. The lowest BCUT2D eigenvalue weighted by atomic mass is 10.2. The van der Waals surface area contributed by atoms with Gasteiger partial charge in [0.2, 0.25) is 0 Å². The van der Waals surface area contributed by atoms with E-state index in [4.69, 9.17) is 0 Å². The second-order valence-corrected chi connectivity index (χ2v) is 5.34. The SMILES string of the molecule is C.CC(C)C.CCC(C)C.CCC(C)C. The zero-order valence-corrected chi connectivity index (χ0v) is 12.1. The fourth-order valence-electron chi connectivity index (χ4n) is 0. The molecule has 0 fully saturated rings. The Labute approximate surface area is 101 Å². The molecule has 0 aliphatic rings. The van der Waals surface area contributed by atoms with E-state index >= 15 is 0 Å². The predicted octanol–water partition coefficient (Wildman–Crippen LogP) is 6.40. The van der Waals surface area contributed by atoms with Gasteiger partial charge in [0, 0.05) is 0 Å². The van der Waals surface area contributed by atoms with Crippen molar-refractivity contribution >= 4 is 0 Å². The fraction of sp³-hybridized carbons (Fsp3) is 1.00. The van der Waals surface area contributed by atoms with Crippen LogP contribution in [0.15, 0.2) is 0 Å². The zero-order valence-electron chi connectivity index (χ0n) is 12.1. The summed E-state index contributed by atoms with van der Waals surface area (Å²) in [6.07, 6.45) is 2.61. The van der Waals surface area contributed by atoms with Crippen LogP contribution in [0, 0.1) is 17.8 Å². The first-order valence-electron chi connectivity index (χ1n) is 6.27. The molecule has 0 nitrogen and oxygen atoms in total. The van der Waals surface area contributed by atoms with Crippen molar-refractivity contribution in [3.8, 4) is 0 Å². The molecule has 0 rings (SSSR count). The topological polar surface area (TPSA) is 0 Å². The largest absolute Gasteiger partial charge is 0.0776 e. The summed E-state index contributed by atoms with van der Waals surface area (Å²) in [5.74, 6) is 2.60. The van der Waals surface area contributed by atoms with Crippen LogP contribution in [0.5, 0.6) is 0 Å². The van der Waals surface area contributed by atoms with E-state index in [-0.39, 0.29) is 7.43 Å². The first-order chi connectivity index (χ1) is 6.27. The molecule has 0 heterocycles. The van der Waals surface area contributed by atoms with E-state index in [9.17, 15) is 0 Å². The monoisotopic (exact) mass is 218 g/mol. The minimum atomic E-state index is 0. The van der Waals surface area contributed by atoms with E-state index in [1.165, 1.54) is 12.8 Å². The van der Waals surface area contributed by atoms with E-state index in [0.29, 0.717) is 0 Å². The highest BCUT2D eigenvalue weighted by Crippen LogP contribution is 1.94. The van der Waals surface area contributed by atoms with Gasteiger partial charge in [0.1, 0.15) is 0 Å². The molecule has 0 bridgehead atoms. The molecule has 0 saturated heterocycles. The fourth-order valence-corrected chi connectivity index (χ4v) is 0. The number of hydrogen-bond acceptors (Lipinski definition) is 0. The highest BCUT2D eigenvalue weighted by Gasteiger charge is 1.80. The third-order valence-electron chi connectivity index (χ3n) is 1.63. The molecule has 0 aliphatic carbocycles. The molecule has 0 radical (unpaired) electrons. The summed E-state index contributed by atoms with van der Waals surface area (Å²) < 4.78 is 0. The quantitative estimate of drug-likeness (QED) is 0.503. The van der Waals surface area contributed by atoms with Crippen LogP contribution in [0.2, 0.25) is 0 Å². The van der Waals surface area contributed by atoms with Crippen LogP contribution in [0.4, 0.5) is 0 Å². The van der Waals surface area contributed by atoms with Gasteiger partial charge in [-0.05, 0) is 17.8 Å². The lowest BCUT2D eigenvalue weighted by Crippen LogP contribution is -1.77. The Hall–Kier alpha value is 0. The molecule has 0 aromatic rings. The minimum Gasteiger partial charge on any atom is -0.0776 e. The van der Waals surface area contributed by atoms with Crippen molar-refractivity contribution in [2.45, 2.75) is 82.6 Å². The van der Waals surface area contributed by atoms with Gasteiger partial charge < -0.3 is 0 Å². The van der Waals surface area contributed by atoms with Crippen molar-refractivity contribution in [1.29, 1.82) is 0 Å². The van der Waals surface area contributed by atoms with Crippen molar-refractivity contribution in [3.63, 3.8) is 0 Å². The van der Waals surface area contributed by atoms with Gasteiger partial charge in [-0.1, -0.05) is 82.6 Å². The van der Waals surface area contributed by atoms with E-state index < -0.39 is 0 Å². The maximum Gasteiger partial charge on any atom is -0.0474 e. The molecule has 0 heteroatoms. The van der Waals surface area contributed by atoms with Crippen LogP contribution in [-0.2, 0) is 0 Å².